The maximum Gasteiger partial charge on any atom is 0.357 e. The Morgan fingerprint density at radius 1 is 1.00 bits per heavy atom. The molecule has 0 spiro atoms. The molecule has 0 saturated heterocycles. The number of carbonyl (C=O) groups excluding carboxylic acids is 3. The van der Waals surface area contributed by atoms with Gasteiger partial charge in [0.05, 0.1) is 0 Å². The van der Waals surface area contributed by atoms with Crippen molar-refractivity contribution in [3.63, 3.8) is 0 Å². The molecule has 1 atom stereocenters. The summed E-state index contributed by atoms with van der Waals surface area (Å²) in [6.07, 6.45) is 0.540. The van der Waals surface area contributed by atoms with Crippen molar-refractivity contribution in [2.24, 2.45) is 5.92 Å². The maximum atomic E-state index is 12.4. The number of pyridine rings is 1. The summed E-state index contributed by atoms with van der Waals surface area (Å²) in [7, 11) is 0. The number of hydrogen-bond donors (Lipinski definition) is 1. The van der Waals surface area contributed by atoms with Crippen molar-refractivity contribution in [2.75, 3.05) is 5.32 Å². The highest BCUT2D eigenvalue weighted by Crippen LogP contribution is 2.14. The van der Waals surface area contributed by atoms with Crippen LogP contribution in [-0.4, -0.2) is 28.7 Å². The number of benzene rings is 1. The average Bonchev–Trinajstić information content (AvgIpc) is 2.62. The number of esters is 1. The third kappa shape index (κ3) is 4.97. The first-order valence-electron chi connectivity index (χ1n) is 7.95. The lowest BCUT2D eigenvalue weighted by Crippen LogP contribution is -2.25. The van der Waals surface area contributed by atoms with Crippen LogP contribution in [0.1, 0.15) is 41.6 Å². The van der Waals surface area contributed by atoms with E-state index >= 15 is 0 Å². The van der Waals surface area contributed by atoms with E-state index in [0.717, 1.165) is 0 Å². The van der Waals surface area contributed by atoms with Crippen molar-refractivity contribution in [3.8, 4) is 0 Å². The van der Waals surface area contributed by atoms with Gasteiger partial charge in [-0.3, -0.25) is 9.59 Å². The fourth-order valence-corrected chi connectivity index (χ4v) is 2.00. The zero-order valence-electron chi connectivity index (χ0n) is 14.4. The molecule has 1 aromatic heterocycles. The summed E-state index contributed by atoms with van der Waals surface area (Å²) in [5.41, 5.74) is 1.14. The number of Topliss-reactive ketones (excluding diaryl/α,β-unsaturated/α-hetero) is 1. The Labute approximate surface area is 146 Å². The minimum atomic E-state index is -0.939. The smallest absolute Gasteiger partial charge is 0.357 e. The monoisotopic (exact) mass is 340 g/mol. The van der Waals surface area contributed by atoms with Gasteiger partial charge in [0.2, 0.25) is 11.7 Å². The Morgan fingerprint density at radius 2 is 1.68 bits per heavy atom. The standard InChI is InChI=1S/C19H20N2O4/c1-12(2)18(23)21-15-9-7-14(8-10-15)17(22)13(3)25-19(24)16-6-4-5-11-20-16/h4-13H,1-3H3,(H,21,23). The molecular formula is C19H20N2O4. The summed E-state index contributed by atoms with van der Waals surface area (Å²) in [4.78, 5) is 39.9. The number of rotatable bonds is 6. The van der Waals surface area contributed by atoms with E-state index in [1.54, 1.807) is 50.2 Å². The van der Waals surface area contributed by atoms with Crippen LogP contribution in [-0.2, 0) is 9.53 Å². The molecule has 1 N–H and O–H groups in total. The van der Waals surface area contributed by atoms with Crippen molar-refractivity contribution >= 4 is 23.3 Å². The van der Waals surface area contributed by atoms with E-state index in [9.17, 15) is 14.4 Å². The minimum Gasteiger partial charge on any atom is -0.450 e. The zero-order valence-corrected chi connectivity index (χ0v) is 14.4. The normalized spacial score (nSPS) is 11.7. The SMILES string of the molecule is CC(C)C(=O)Nc1ccc(C(=O)C(C)OC(=O)c2ccccn2)cc1. The molecule has 0 fully saturated rings. The topological polar surface area (TPSA) is 85.4 Å². The van der Waals surface area contributed by atoms with E-state index < -0.39 is 12.1 Å². The molecule has 0 saturated carbocycles. The van der Waals surface area contributed by atoms with Crippen LogP contribution < -0.4 is 5.32 Å². The van der Waals surface area contributed by atoms with Crippen LogP contribution in [0.25, 0.3) is 0 Å². The van der Waals surface area contributed by atoms with E-state index in [4.69, 9.17) is 4.74 Å². The van der Waals surface area contributed by atoms with Gasteiger partial charge in [-0.05, 0) is 43.3 Å². The van der Waals surface area contributed by atoms with Gasteiger partial charge in [0.25, 0.3) is 0 Å². The summed E-state index contributed by atoms with van der Waals surface area (Å²) in [5.74, 6) is -1.21. The highest BCUT2D eigenvalue weighted by molar-refractivity contribution is 6.01. The van der Waals surface area contributed by atoms with E-state index in [2.05, 4.69) is 10.3 Å². The number of ketones is 1. The molecule has 1 heterocycles. The fourth-order valence-electron chi connectivity index (χ4n) is 2.00. The second-order valence-electron chi connectivity index (χ2n) is 5.85. The molecule has 130 valence electrons. The van der Waals surface area contributed by atoms with E-state index in [0.29, 0.717) is 11.3 Å². The van der Waals surface area contributed by atoms with Gasteiger partial charge in [-0.2, -0.15) is 0 Å². The third-order valence-electron chi connectivity index (χ3n) is 3.49. The summed E-state index contributed by atoms with van der Waals surface area (Å²) in [5, 5.41) is 2.75. The Kier molecular flexibility index (Phi) is 6.00. The minimum absolute atomic E-state index is 0.100. The number of carbonyl (C=O) groups is 3. The molecule has 0 radical (unpaired) electrons. The van der Waals surface area contributed by atoms with Crippen molar-refractivity contribution < 1.29 is 19.1 Å². The van der Waals surface area contributed by atoms with Crippen molar-refractivity contribution in [2.45, 2.75) is 26.9 Å². The highest BCUT2D eigenvalue weighted by atomic mass is 16.5. The number of ether oxygens (including phenoxy) is 1. The van der Waals surface area contributed by atoms with Crippen molar-refractivity contribution in [1.82, 2.24) is 4.98 Å². The molecule has 2 aromatic rings. The van der Waals surface area contributed by atoms with Gasteiger partial charge in [-0.25, -0.2) is 9.78 Å². The van der Waals surface area contributed by atoms with Gasteiger partial charge < -0.3 is 10.1 Å². The van der Waals surface area contributed by atoms with E-state index in [1.807, 2.05) is 0 Å². The fraction of sp³-hybridized carbons (Fsp3) is 0.263. The first-order valence-corrected chi connectivity index (χ1v) is 7.95. The zero-order chi connectivity index (χ0) is 18.4. The summed E-state index contributed by atoms with van der Waals surface area (Å²) < 4.78 is 5.16. The van der Waals surface area contributed by atoms with Crippen LogP contribution in [0.4, 0.5) is 5.69 Å². The van der Waals surface area contributed by atoms with Crippen LogP contribution in [0, 0.1) is 5.92 Å². The van der Waals surface area contributed by atoms with Crippen molar-refractivity contribution in [3.05, 3.63) is 59.9 Å². The molecule has 1 unspecified atom stereocenters. The van der Waals surface area contributed by atoms with Crippen LogP contribution in [0.5, 0.6) is 0 Å². The molecule has 0 bridgehead atoms. The van der Waals surface area contributed by atoms with Crippen molar-refractivity contribution in [1.29, 1.82) is 0 Å². The lowest BCUT2D eigenvalue weighted by molar-refractivity contribution is -0.118. The van der Waals surface area contributed by atoms with Gasteiger partial charge in [0, 0.05) is 23.4 Å². The van der Waals surface area contributed by atoms with Gasteiger partial charge in [0.1, 0.15) is 5.69 Å². The number of anilines is 1. The number of aromatic nitrogens is 1. The van der Waals surface area contributed by atoms with Gasteiger partial charge in [-0.1, -0.05) is 19.9 Å². The molecule has 2 rings (SSSR count). The second-order valence-corrected chi connectivity index (χ2v) is 5.85. The Balaban J connectivity index is 1.99. The largest absolute Gasteiger partial charge is 0.450 e. The Bertz CT molecular complexity index is 755. The van der Waals surface area contributed by atoms with E-state index in [-0.39, 0.29) is 23.3 Å². The molecule has 1 aromatic carbocycles. The molecule has 0 aliphatic heterocycles. The van der Waals surface area contributed by atoms with Crippen LogP contribution >= 0.6 is 0 Å². The predicted octanol–water partition coefficient (Wildman–Crippen LogP) is 3.10. The second kappa shape index (κ2) is 8.19. The number of hydrogen-bond acceptors (Lipinski definition) is 5. The van der Waals surface area contributed by atoms with Crippen LogP contribution in [0.3, 0.4) is 0 Å². The summed E-state index contributed by atoms with van der Waals surface area (Å²) in [6, 6.07) is 11.3. The Morgan fingerprint density at radius 3 is 2.24 bits per heavy atom. The predicted molar refractivity (Wildman–Crippen MR) is 93.4 cm³/mol. The first kappa shape index (κ1) is 18.3. The quantitative estimate of drug-likeness (QED) is 0.645. The molecule has 25 heavy (non-hydrogen) atoms. The Hall–Kier alpha value is -3.02. The molecule has 6 heteroatoms. The van der Waals surface area contributed by atoms with Gasteiger partial charge in [0.15, 0.2) is 6.10 Å². The average molecular weight is 340 g/mol. The molecular weight excluding hydrogens is 320 g/mol. The summed E-state index contributed by atoms with van der Waals surface area (Å²) in [6.45, 7) is 5.10. The van der Waals surface area contributed by atoms with Crippen LogP contribution in [0.2, 0.25) is 0 Å². The first-order chi connectivity index (χ1) is 11.9. The number of nitrogens with one attached hydrogen (secondary N) is 1. The maximum absolute atomic E-state index is 12.4. The number of amides is 1. The summed E-state index contributed by atoms with van der Waals surface area (Å²) >= 11 is 0. The van der Waals surface area contributed by atoms with Crippen LogP contribution in [0.15, 0.2) is 48.7 Å². The molecule has 1 amide bonds. The third-order valence-corrected chi connectivity index (χ3v) is 3.49. The van der Waals surface area contributed by atoms with Gasteiger partial charge in [-0.15, -0.1) is 0 Å². The van der Waals surface area contributed by atoms with Gasteiger partial charge >= 0.3 is 5.97 Å². The molecule has 0 aliphatic carbocycles. The van der Waals surface area contributed by atoms with E-state index in [1.165, 1.54) is 19.2 Å². The molecule has 0 aliphatic rings. The lowest BCUT2D eigenvalue weighted by Gasteiger charge is -2.13. The molecule has 6 nitrogen and oxygen atoms in total. The number of nitrogens with zero attached hydrogens (tertiary/aromatic N) is 1. The lowest BCUT2D eigenvalue weighted by atomic mass is 10.1. The highest BCUT2D eigenvalue weighted by Gasteiger charge is 2.21.